The van der Waals surface area contributed by atoms with E-state index in [9.17, 15) is 9.59 Å². The summed E-state index contributed by atoms with van der Waals surface area (Å²) in [5, 5.41) is 0. The molecule has 0 bridgehead atoms. The van der Waals surface area contributed by atoms with Gasteiger partial charge in [0.1, 0.15) is 0 Å². The SMILES string of the molecule is CC1(C)CC(=O)N(C(C)(C)C)C(=O)C1. The molecule has 0 aromatic carbocycles. The van der Waals surface area contributed by atoms with Gasteiger partial charge < -0.3 is 0 Å². The Morgan fingerprint density at radius 3 is 1.71 bits per heavy atom. The molecule has 0 saturated carbocycles. The van der Waals surface area contributed by atoms with Crippen LogP contribution < -0.4 is 0 Å². The highest BCUT2D eigenvalue weighted by Gasteiger charge is 2.41. The summed E-state index contributed by atoms with van der Waals surface area (Å²) in [4.78, 5) is 24.9. The summed E-state index contributed by atoms with van der Waals surface area (Å²) in [6.07, 6.45) is 0.937. The van der Waals surface area contributed by atoms with Gasteiger partial charge in [-0.15, -0.1) is 0 Å². The number of nitrogens with zero attached hydrogens (tertiary/aromatic N) is 1. The van der Waals surface area contributed by atoms with E-state index in [1.54, 1.807) is 0 Å². The summed E-state index contributed by atoms with van der Waals surface area (Å²) in [6.45, 7) is 9.59. The van der Waals surface area contributed by atoms with Crippen LogP contribution in [-0.2, 0) is 9.59 Å². The highest BCUT2D eigenvalue weighted by Crippen LogP contribution is 2.34. The zero-order valence-corrected chi connectivity index (χ0v) is 9.68. The lowest BCUT2D eigenvalue weighted by molar-refractivity contribution is -0.158. The molecule has 80 valence electrons. The van der Waals surface area contributed by atoms with Gasteiger partial charge >= 0.3 is 0 Å². The monoisotopic (exact) mass is 197 g/mol. The number of amides is 2. The quantitative estimate of drug-likeness (QED) is 0.557. The van der Waals surface area contributed by atoms with Gasteiger partial charge in [-0.05, 0) is 26.2 Å². The molecule has 0 aromatic rings. The van der Waals surface area contributed by atoms with Crippen molar-refractivity contribution in [1.82, 2.24) is 4.90 Å². The zero-order valence-electron chi connectivity index (χ0n) is 9.68. The summed E-state index contributed by atoms with van der Waals surface area (Å²) in [5.41, 5.74) is -0.555. The molecular formula is C11H19NO2. The second-order valence-electron chi connectivity index (χ2n) is 5.81. The van der Waals surface area contributed by atoms with Gasteiger partial charge in [0.25, 0.3) is 0 Å². The van der Waals surface area contributed by atoms with Crippen LogP contribution in [0.4, 0.5) is 0 Å². The molecule has 0 atom stereocenters. The molecule has 0 N–H and O–H groups in total. The number of likely N-dealkylation sites (tertiary alicyclic amines) is 1. The predicted octanol–water partition coefficient (Wildman–Crippen LogP) is 1.96. The van der Waals surface area contributed by atoms with Gasteiger partial charge in [0, 0.05) is 18.4 Å². The Hall–Kier alpha value is -0.860. The van der Waals surface area contributed by atoms with E-state index in [1.807, 2.05) is 34.6 Å². The van der Waals surface area contributed by atoms with E-state index in [1.165, 1.54) is 4.90 Å². The topological polar surface area (TPSA) is 37.4 Å². The van der Waals surface area contributed by atoms with Crippen LogP contribution in [0.5, 0.6) is 0 Å². The molecule has 0 aliphatic carbocycles. The van der Waals surface area contributed by atoms with E-state index < -0.39 is 0 Å². The minimum atomic E-state index is -0.384. The van der Waals surface area contributed by atoms with Crippen LogP contribution in [0.15, 0.2) is 0 Å². The van der Waals surface area contributed by atoms with Crippen LogP contribution in [-0.4, -0.2) is 22.3 Å². The normalized spacial score (nSPS) is 22.8. The van der Waals surface area contributed by atoms with Crippen molar-refractivity contribution in [2.75, 3.05) is 0 Å². The van der Waals surface area contributed by atoms with Crippen LogP contribution in [0.25, 0.3) is 0 Å². The first-order chi connectivity index (χ1) is 6.13. The molecule has 0 unspecified atom stereocenters. The number of carbonyl (C=O) groups excluding carboxylic acids is 2. The maximum Gasteiger partial charge on any atom is 0.230 e. The Labute approximate surface area is 85.5 Å². The summed E-state index contributed by atoms with van der Waals surface area (Å²) < 4.78 is 0. The predicted molar refractivity (Wildman–Crippen MR) is 54.6 cm³/mol. The van der Waals surface area contributed by atoms with Crippen molar-refractivity contribution in [1.29, 1.82) is 0 Å². The minimum absolute atomic E-state index is 0.0428. The van der Waals surface area contributed by atoms with E-state index in [2.05, 4.69) is 0 Å². The van der Waals surface area contributed by atoms with Crippen molar-refractivity contribution in [3.05, 3.63) is 0 Å². The fourth-order valence-electron chi connectivity index (χ4n) is 1.93. The number of carbonyl (C=O) groups is 2. The van der Waals surface area contributed by atoms with Gasteiger partial charge in [0.05, 0.1) is 0 Å². The summed E-state index contributed by atoms with van der Waals surface area (Å²) in [6, 6.07) is 0. The smallest absolute Gasteiger partial charge is 0.230 e. The molecular weight excluding hydrogens is 178 g/mol. The zero-order chi connectivity index (χ0) is 11.1. The molecule has 1 fully saturated rings. The first-order valence-corrected chi connectivity index (χ1v) is 4.99. The van der Waals surface area contributed by atoms with Gasteiger partial charge in [-0.3, -0.25) is 14.5 Å². The molecule has 1 heterocycles. The molecule has 3 heteroatoms. The fourth-order valence-corrected chi connectivity index (χ4v) is 1.93. The second-order valence-corrected chi connectivity index (χ2v) is 5.81. The average Bonchev–Trinajstić information content (AvgIpc) is 1.75. The van der Waals surface area contributed by atoms with E-state index in [4.69, 9.17) is 0 Å². The molecule has 14 heavy (non-hydrogen) atoms. The molecule has 3 nitrogen and oxygen atoms in total. The molecule has 0 spiro atoms. The van der Waals surface area contributed by atoms with Crippen molar-refractivity contribution in [3.63, 3.8) is 0 Å². The van der Waals surface area contributed by atoms with Crippen molar-refractivity contribution >= 4 is 11.8 Å². The van der Waals surface area contributed by atoms with Crippen LogP contribution in [0, 0.1) is 5.41 Å². The standard InChI is InChI=1S/C11H19NO2/c1-10(2,3)12-8(13)6-11(4,5)7-9(12)14/h6-7H2,1-5H3. The molecule has 0 aromatic heterocycles. The number of piperidine rings is 1. The van der Waals surface area contributed by atoms with Crippen molar-refractivity contribution < 1.29 is 9.59 Å². The van der Waals surface area contributed by atoms with Crippen LogP contribution in [0.1, 0.15) is 47.5 Å². The van der Waals surface area contributed by atoms with Gasteiger partial charge in [0.2, 0.25) is 11.8 Å². The highest BCUT2D eigenvalue weighted by atomic mass is 16.2. The van der Waals surface area contributed by atoms with Crippen LogP contribution in [0.3, 0.4) is 0 Å². The van der Waals surface area contributed by atoms with Gasteiger partial charge in [0.15, 0.2) is 0 Å². The van der Waals surface area contributed by atoms with E-state index in [0.717, 1.165) is 0 Å². The number of hydrogen-bond acceptors (Lipinski definition) is 2. The first-order valence-electron chi connectivity index (χ1n) is 4.99. The summed E-state index contributed by atoms with van der Waals surface area (Å²) in [5.74, 6) is -0.0856. The maximum absolute atomic E-state index is 11.8. The second kappa shape index (κ2) is 3.07. The van der Waals surface area contributed by atoms with Gasteiger partial charge in [-0.1, -0.05) is 13.8 Å². The number of hydrogen-bond donors (Lipinski definition) is 0. The summed E-state index contributed by atoms with van der Waals surface area (Å²) >= 11 is 0. The lowest BCUT2D eigenvalue weighted by atomic mass is 9.80. The third kappa shape index (κ3) is 2.14. The lowest BCUT2D eigenvalue weighted by Crippen LogP contribution is -2.54. The van der Waals surface area contributed by atoms with Gasteiger partial charge in [-0.25, -0.2) is 0 Å². The Morgan fingerprint density at radius 2 is 1.43 bits per heavy atom. The number of imide groups is 1. The van der Waals surface area contributed by atoms with E-state index >= 15 is 0 Å². The largest absolute Gasteiger partial charge is 0.277 e. The number of rotatable bonds is 0. The third-order valence-corrected chi connectivity index (χ3v) is 2.43. The summed E-state index contributed by atoms with van der Waals surface area (Å²) in [7, 11) is 0. The molecule has 1 aliphatic heterocycles. The molecule has 1 aliphatic rings. The average molecular weight is 197 g/mol. The lowest BCUT2D eigenvalue weighted by Gasteiger charge is -2.41. The Morgan fingerprint density at radius 1 is 1.07 bits per heavy atom. The Kier molecular flexibility index (Phi) is 2.46. The van der Waals surface area contributed by atoms with Crippen molar-refractivity contribution in [3.8, 4) is 0 Å². The van der Waals surface area contributed by atoms with E-state index in [-0.39, 0.29) is 22.8 Å². The Balaban J connectivity index is 2.93. The highest BCUT2D eigenvalue weighted by molar-refractivity contribution is 5.99. The molecule has 1 rings (SSSR count). The fraction of sp³-hybridized carbons (Fsp3) is 0.818. The first kappa shape index (κ1) is 11.2. The van der Waals surface area contributed by atoms with Crippen molar-refractivity contribution in [2.24, 2.45) is 5.41 Å². The van der Waals surface area contributed by atoms with Crippen molar-refractivity contribution in [2.45, 2.75) is 53.0 Å². The third-order valence-electron chi connectivity index (χ3n) is 2.43. The van der Waals surface area contributed by atoms with Crippen LogP contribution >= 0.6 is 0 Å². The molecule has 1 saturated heterocycles. The van der Waals surface area contributed by atoms with E-state index in [0.29, 0.717) is 12.8 Å². The molecule has 0 radical (unpaired) electrons. The maximum atomic E-state index is 11.8. The minimum Gasteiger partial charge on any atom is -0.277 e. The van der Waals surface area contributed by atoms with Gasteiger partial charge in [-0.2, -0.15) is 0 Å². The Bertz CT molecular complexity index is 254. The van der Waals surface area contributed by atoms with Crippen LogP contribution in [0.2, 0.25) is 0 Å². The molecule has 2 amide bonds.